The van der Waals surface area contributed by atoms with Crippen LogP contribution in [0.25, 0.3) is 6.08 Å². The molecule has 0 bridgehead atoms. The van der Waals surface area contributed by atoms with E-state index in [1.165, 1.54) is 10.4 Å². The first-order valence-corrected chi connectivity index (χ1v) is 11.9. The smallest absolute Gasteiger partial charge is 0.387 e. The zero-order valence-electron chi connectivity index (χ0n) is 17.8. The first kappa shape index (κ1) is 22.7. The summed E-state index contributed by atoms with van der Waals surface area (Å²) in [6.45, 7) is 0.484. The monoisotopic (exact) mass is 464 g/mol. The highest BCUT2D eigenvalue weighted by molar-refractivity contribution is 7.93. The standard InChI is InChI=1S/C23H26F2N2O4S/c1-26(16-17-2-6-20(7-3-17)27-10-12-30-13-11-27)32(28,29)22-9-5-18-14-21(31-23(24)25)8-4-19(18)15-22/h2-4,6-8,14-15,23H,5,9-13,16H2,1H3. The highest BCUT2D eigenvalue weighted by Crippen LogP contribution is 2.31. The number of aryl methyl sites for hydroxylation is 1. The molecule has 1 fully saturated rings. The van der Waals surface area contributed by atoms with Crippen LogP contribution in [0.15, 0.2) is 47.4 Å². The molecule has 1 heterocycles. The quantitative estimate of drug-likeness (QED) is 0.623. The van der Waals surface area contributed by atoms with Gasteiger partial charge >= 0.3 is 6.61 Å². The molecule has 4 rings (SSSR count). The number of hydrogen-bond donors (Lipinski definition) is 0. The van der Waals surface area contributed by atoms with Crippen molar-refractivity contribution in [3.05, 3.63) is 64.1 Å². The van der Waals surface area contributed by atoms with E-state index in [0.717, 1.165) is 29.9 Å². The number of sulfonamides is 1. The van der Waals surface area contributed by atoms with Gasteiger partial charge in [-0.3, -0.25) is 0 Å². The van der Waals surface area contributed by atoms with Crippen molar-refractivity contribution in [1.82, 2.24) is 4.31 Å². The van der Waals surface area contributed by atoms with Gasteiger partial charge in [-0.25, -0.2) is 8.42 Å². The van der Waals surface area contributed by atoms with Crippen LogP contribution in [-0.2, 0) is 27.7 Å². The van der Waals surface area contributed by atoms with Crippen molar-refractivity contribution in [3.8, 4) is 5.75 Å². The van der Waals surface area contributed by atoms with E-state index in [0.29, 0.717) is 36.5 Å². The Bertz CT molecular complexity index is 1080. The second-order valence-electron chi connectivity index (χ2n) is 7.88. The minimum atomic E-state index is -3.65. The van der Waals surface area contributed by atoms with Gasteiger partial charge in [0.25, 0.3) is 0 Å². The summed E-state index contributed by atoms with van der Waals surface area (Å²) in [7, 11) is -2.08. The van der Waals surface area contributed by atoms with Crippen molar-refractivity contribution in [2.45, 2.75) is 26.0 Å². The Balaban J connectivity index is 1.45. The van der Waals surface area contributed by atoms with Gasteiger partial charge in [-0.1, -0.05) is 18.2 Å². The number of alkyl halides is 2. The molecule has 0 amide bonds. The van der Waals surface area contributed by atoms with Crippen molar-refractivity contribution in [3.63, 3.8) is 0 Å². The molecule has 172 valence electrons. The maximum Gasteiger partial charge on any atom is 0.387 e. The van der Waals surface area contributed by atoms with Crippen molar-refractivity contribution < 1.29 is 26.7 Å². The van der Waals surface area contributed by atoms with Crippen LogP contribution in [0.3, 0.4) is 0 Å². The molecule has 0 spiro atoms. The maximum absolute atomic E-state index is 13.1. The first-order valence-electron chi connectivity index (χ1n) is 10.5. The number of anilines is 1. The fourth-order valence-electron chi connectivity index (χ4n) is 4.00. The van der Waals surface area contributed by atoms with Gasteiger partial charge in [-0.2, -0.15) is 13.1 Å². The third-order valence-electron chi connectivity index (χ3n) is 5.76. The average molecular weight is 465 g/mol. The van der Waals surface area contributed by atoms with E-state index < -0.39 is 16.6 Å². The Hall–Kier alpha value is -2.49. The average Bonchev–Trinajstić information content (AvgIpc) is 2.79. The molecular weight excluding hydrogens is 438 g/mol. The first-order chi connectivity index (χ1) is 15.3. The summed E-state index contributed by atoms with van der Waals surface area (Å²) in [5, 5.41) is 0. The number of halogens is 2. The molecule has 2 aromatic carbocycles. The molecule has 1 aliphatic carbocycles. The van der Waals surface area contributed by atoms with E-state index in [1.807, 2.05) is 24.3 Å². The number of ether oxygens (including phenoxy) is 2. The molecule has 6 nitrogen and oxygen atoms in total. The van der Waals surface area contributed by atoms with Crippen LogP contribution in [0.5, 0.6) is 5.75 Å². The molecule has 9 heteroatoms. The van der Waals surface area contributed by atoms with Gasteiger partial charge in [0.15, 0.2) is 0 Å². The minimum absolute atomic E-state index is 0.0797. The Morgan fingerprint density at radius 3 is 2.50 bits per heavy atom. The van der Waals surface area contributed by atoms with Crippen LogP contribution in [-0.4, -0.2) is 52.7 Å². The number of benzene rings is 2. The number of rotatable bonds is 7. The molecule has 0 N–H and O–H groups in total. The van der Waals surface area contributed by atoms with Crippen molar-refractivity contribution >= 4 is 21.8 Å². The topological polar surface area (TPSA) is 59.1 Å². The Morgan fingerprint density at radius 2 is 1.81 bits per heavy atom. The summed E-state index contributed by atoms with van der Waals surface area (Å²) >= 11 is 0. The number of hydrogen-bond acceptors (Lipinski definition) is 5. The van der Waals surface area contributed by atoms with E-state index in [9.17, 15) is 17.2 Å². The molecule has 2 aliphatic rings. The third kappa shape index (κ3) is 5.11. The summed E-state index contributed by atoms with van der Waals surface area (Å²) in [6, 6.07) is 12.5. The highest BCUT2D eigenvalue weighted by Gasteiger charge is 2.26. The van der Waals surface area contributed by atoms with Gasteiger partial charge in [0, 0.05) is 32.4 Å². The van der Waals surface area contributed by atoms with Gasteiger partial charge in [0.2, 0.25) is 10.0 Å². The Morgan fingerprint density at radius 1 is 1.09 bits per heavy atom. The second kappa shape index (κ2) is 9.56. The normalized spacial score (nSPS) is 16.8. The van der Waals surface area contributed by atoms with E-state index in [2.05, 4.69) is 9.64 Å². The summed E-state index contributed by atoms with van der Waals surface area (Å²) in [5.41, 5.74) is 3.51. The summed E-state index contributed by atoms with van der Waals surface area (Å²) in [6.07, 6.45) is 2.38. The molecule has 2 aromatic rings. The van der Waals surface area contributed by atoms with Gasteiger partial charge in [0.05, 0.1) is 18.1 Å². The molecule has 32 heavy (non-hydrogen) atoms. The van der Waals surface area contributed by atoms with Crippen LogP contribution in [0, 0.1) is 0 Å². The van der Waals surface area contributed by atoms with Crippen LogP contribution in [0.2, 0.25) is 0 Å². The third-order valence-corrected chi connectivity index (χ3v) is 7.69. The largest absolute Gasteiger partial charge is 0.435 e. The summed E-state index contributed by atoms with van der Waals surface area (Å²) in [4.78, 5) is 2.57. The summed E-state index contributed by atoms with van der Waals surface area (Å²) in [5.74, 6) is 0.0797. The number of morpholine rings is 1. The van der Waals surface area contributed by atoms with E-state index in [-0.39, 0.29) is 12.3 Å². The van der Waals surface area contributed by atoms with E-state index in [4.69, 9.17) is 4.74 Å². The SMILES string of the molecule is CN(Cc1ccc(N2CCOCC2)cc1)S(=O)(=O)C1=Cc2ccc(OC(F)F)cc2CC1. The molecule has 0 radical (unpaired) electrons. The molecule has 0 atom stereocenters. The lowest BCUT2D eigenvalue weighted by Gasteiger charge is -2.29. The lowest BCUT2D eigenvalue weighted by molar-refractivity contribution is -0.0498. The minimum Gasteiger partial charge on any atom is -0.435 e. The fraction of sp³-hybridized carbons (Fsp3) is 0.391. The zero-order chi connectivity index (χ0) is 22.7. The van der Waals surface area contributed by atoms with Crippen molar-refractivity contribution in [2.75, 3.05) is 38.3 Å². The maximum atomic E-state index is 13.1. The van der Waals surface area contributed by atoms with Gasteiger partial charge in [-0.05, 0) is 59.9 Å². The van der Waals surface area contributed by atoms with Crippen LogP contribution in [0.4, 0.5) is 14.5 Å². The van der Waals surface area contributed by atoms with Gasteiger partial charge in [0.1, 0.15) is 5.75 Å². The molecule has 0 saturated carbocycles. The molecule has 0 unspecified atom stereocenters. The van der Waals surface area contributed by atoms with E-state index in [1.54, 1.807) is 25.3 Å². The van der Waals surface area contributed by atoms with Gasteiger partial charge < -0.3 is 14.4 Å². The van der Waals surface area contributed by atoms with Crippen molar-refractivity contribution in [2.24, 2.45) is 0 Å². The molecule has 1 saturated heterocycles. The zero-order valence-corrected chi connectivity index (χ0v) is 18.7. The Kier molecular flexibility index (Phi) is 6.78. The van der Waals surface area contributed by atoms with Crippen LogP contribution >= 0.6 is 0 Å². The number of allylic oxidation sites excluding steroid dienone is 1. The van der Waals surface area contributed by atoms with E-state index >= 15 is 0 Å². The Labute approximate surface area is 187 Å². The molecule has 1 aliphatic heterocycles. The fourth-order valence-corrected chi connectivity index (χ4v) is 5.35. The molecule has 0 aromatic heterocycles. The number of nitrogens with zero attached hydrogens (tertiary/aromatic N) is 2. The lowest BCUT2D eigenvalue weighted by atomic mass is 9.97. The highest BCUT2D eigenvalue weighted by atomic mass is 32.2. The van der Waals surface area contributed by atoms with Gasteiger partial charge in [-0.15, -0.1) is 0 Å². The summed E-state index contributed by atoms with van der Waals surface area (Å²) < 4.78 is 62.3. The van der Waals surface area contributed by atoms with Crippen LogP contribution < -0.4 is 9.64 Å². The van der Waals surface area contributed by atoms with Crippen molar-refractivity contribution in [1.29, 1.82) is 0 Å². The lowest BCUT2D eigenvalue weighted by Crippen LogP contribution is -2.36. The predicted molar refractivity (Wildman–Crippen MR) is 119 cm³/mol. The number of fused-ring (bicyclic) bond motifs is 1. The molecular formula is C23H26F2N2O4S. The van der Waals surface area contributed by atoms with Crippen LogP contribution in [0.1, 0.15) is 23.1 Å². The second-order valence-corrected chi connectivity index (χ2v) is 9.97. The predicted octanol–water partition coefficient (Wildman–Crippen LogP) is 3.87.